The molecule has 0 spiro atoms. The van der Waals surface area contributed by atoms with Gasteiger partial charge in [0.25, 0.3) is 0 Å². The first-order valence-corrected chi connectivity index (χ1v) is 4.80. The number of aliphatic hydroxyl groups is 1. The number of carboxylic acids is 3. The summed E-state index contributed by atoms with van der Waals surface area (Å²) in [5, 5.41) is 34.2. The second-order valence-electron chi connectivity index (χ2n) is 3.28. The van der Waals surface area contributed by atoms with E-state index in [-0.39, 0.29) is 19.3 Å². The van der Waals surface area contributed by atoms with Gasteiger partial charge in [0, 0.05) is 12.8 Å². The number of ether oxygens (including phenoxy) is 1. The van der Waals surface area contributed by atoms with E-state index in [0.717, 1.165) is 0 Å². The minimum atomic E-state index is -2.38. The van der Waals surface area contributed by atoms with E-state index in [2.05, 4.69) is 4.74 Å². The molecule has 0 rings (SSSR count). The van der Waals surface area contributed by atoms with Gasteiger partial charge in [0.1, 0.15) is 0 Å². The SMILES string of the molecule is O=C(O)CCCC(=O)OC(C(=O)O)C(O)C(=O)O. The average Bonchev–Trinajstić information content (AvgIpc) is 2.23. The zero-order valence-corrected chi connectivity index (χ0v) is 9.11. The molecule has 0 aromatic heterocycles. The molecule has 18 heavy (non-hydrogen) atoms. The summed E-state index contributed by atoms with van der Waals surface area (Å²) in [6, 6.07) is 0. The molecule has 0 saturated heterocycles. The largest absolute Gasteiger partial charge is 0.481 e. The van der Waals surface area contributed by atoms with Crippen molar-refractivity contribution < 1.29 is 44.3 Å². The zero-order valence-electron chi connectivity index (χ0n) is 9.11. The zero-order chi connectivity index (χ0) is 14.3. The van der Waals surface area contributed by atoms with Crippen molar-refractivity contribution >= 4 is 23.9 Å². The molecule has 0 fully saturated rings. The number of carbonyl (C=O) groups excluding carboxylic acids is 1. The van der Waals surface area contributed by atoms with Crippen LogP contribution in [0.2, 0.25) is 0 Å². The lowest BCUT2D eigenvalue weighted by Gasteiger charge is -2.16. The van der Waals surface area contributed by atoms with Crippen LogP contribution < -0.4 is 0 Å². The van der Waals surface area contributed by atoms with Gasteiger partial charge in [0.15, 0.2) is 6.10 Å². The van der Waals surface area contributed by atoms with Crippen LogP contribution in [0, 0.1) is 0 Å². The molecule has 0 amide bonds. The predicted molar refractivity (Wildman–Crippen MR) is 52.6 cm³/mol. The van der Waals surface area contributed by atoms with Crippen LogP contribution in [0.4, 0.5) is 0 Å². The number of esters is 1. The third-order valence-corrected chi connectivity index (χ3v) is 1.81. The van der Waals surface area contributed by atoms with Gasteiger partial charge < -0.3 is 25.2 Å². The molecule has 2 atom stereocenters. The van der Waals surface area contributed by atoms with Crippen molar-refractivity contribution in [2.75, 3.05) is 0 Å². The topological polar surface area (TPSA) is 158 Å². The van der Waals surface area contributed by atoms with Gasteiger partial charge in [-0.3, -0.25) is 9.59 Å². The first-order valence-electron chi connectivity index (χ1n) is 4.80. The summed E-state index contributed by atoms with van der Waals surface area (Å²) >= 11 is 0. The highest BCUT2D eigenvalue weighted by molar-refractivity contribution is 5.85. The minimum absolute atomic E-state index is 0.0797. The summed E-state index contributed by atoms with van der Waals surface area (Å²) in [6.07, 6.45) is -5.38. The highest BCUT2D eigenvalue weighted by Crippen LogP contribution is 2.05. The first kappa shape index (κ1) is 15.8. The molecule has 0 aromatic rings. The molecule has 0 heterocycles. The molecular formula is C9H12O9. The molecular weight excluding hydrogens is 252 g/mol. The average molecular weight is 264 g/mol. The summed E-state index contributed by atoms with van der Waals surface area (Å²) in [6.45, 7) is 0. The number of hydrogen-bond acceptors (Lipinski definition) is 6. The smallest absolute Gasteiger partial charge is 0.348 e. The van der Waals surface area contributed by atoms with Crippen molar-refractivity contribution in [2.24, 2.45) is 0 Å². The number of carboxylic acid groups (broad SMARTS) is 3. The maximum atomic E-state index is 11.1. The third kappa shape index (κ3) is 5.80. The molecule has 0 saturated carbocycles. The van der Waals surface area contributed by atoms with Crippen LogP contribution in [-0.2, 0) is 23.9 Å². The Kier molecular flexibility index (Phi) is 6.35. The van der Waals surface area contributed by atoms with E-state index in [1.165, 1.54) is 0 Å². The van der Waals surface area contributed by atoms with E-state index in [4.69, 9.17) is 20.4 Å². The molecule has 0 aromatic carbocycles. The standard InChI is InChI=1S/C9H12O9/c10-4(11)2-1-3-5(12)18-7(9(16)17)6(13)8(14)15/h6-7,13H,1-3H2,(H,10,11)(H,14,15)(H,16,17). The van der Waals surface area contributed by atoms with Crippen LogP contribution in [0.1, 0.15) is 19.3 Å². The van der Waals surface area contributed by atoms with E-state index in [0.29, 0.717) is 0 Å². The van der Waals surface area contributed by atoms with Gasteiger partial charge in [-0.2, -0.15) is 0 Å². The Hall–Kier alpha value is -2.16. The summed E-state index contributed by atoms with van der Waals surface area (Å²) in [5.74, 6) is -5.88. The van der Waals surface area contributed by atoms with Crippen molar-refractivity contribution in [1.29, 1.82) is 0 Å². The molecule has 9 nitrogen and oxygen atoms in total. The Bertz CT molecular complexity index is 348. The summed E-state index contributed by atoms with van der Waals surface area (Å²) in [4.78, 5) is 42.1. The lowest BCUT2D eigenvalue weighted by Crippen LogP contribution is -2.42. The number of rotatable bonds is 8. The van der Waals surface area contributed by atoms with Gasteiger partial charge >= 0.3 is 23.9 Å². The van der Waals surface area contributed by atoms with Gasteiger partial charge in [0.05, 0.1) is 0 Å². The number of aliphatic carboxylic acids is 3. The quantitative estimate of drug-likeness (QED) is 0.390. The highest BCUT2D eigenvalue weighted by Gasteiger charge is 2.35. The monoisotopic (exact) mass is 264 g/mol. The lowest BCUT2D eigenvalue weighted by molar-refractivity contribution is -0.178. The molecule has 2 unspecified atom stereocenters. The Labute approximate surface area is 101 Å². The molecule has 0 aliphatic heterocycles. The fourth-order valence-electron chi connectivity index (χ4n) is 0.964. The van der Waals surface area contributed by atoms with Crippen LogP contribution in [0.25, 0.3) is 0 Å². The summed E-state index contributed by atoms with van der Waals surface area (Å²) in [7, 11) is 0. The van der Waals surface area contributed by atoms with Crippen molar-refractivity contribution in [1.82, 2.24) is 0 Å². The van der Waals surface area contributed by atoms with Crippen LogP contribution in [0.5, 0.6) is 0 Å². The molecule has 0 aliphatic carbocycles. The van der Waals surface area contributed by atoms with Gasteiger partial charge in [-0.1, -0.05) is 0 Å². The normalized spacial score (nSPS) is 13.4. The second kappa shape index (κ2) is 7.22. The van der Waals surface area contributed by atoms with Crippen molar-refractivity contribution in [3.63, 3.8) is 0 Å². The van der Waals surface area contributed by atoms with Crippen molar-refractivity contribution in [3.8, 4) is 0 Å². The van der Waals surface area contributed by atoms with E-state index in [9.17, 15) is 19.2 Å². The Morgan fingerprint density at radius 2 is 1.50 bits per heavy atom. The molecule has 9 heteroatoms. The summed E-state index contributed by atoms with van der Waals surface area (Å²) < 4.78 is 4.25. The van der Waals surface area contributed by atoms with Gasteiger partial charge in [0.2, 0.25) is 6.10 Å². The van der Waals surface area contributed by atoms with Gasteiger partial charge in [-0.05, 0) is 6.42 Å². The number of aliphatic hydroxyl groups excluding tert-OH is 1. The fraction of sp³-hybridized carbons (Fsp3) is 0.556. The fourth-order valence-corrected chi connectivity index (χ4v) is 0.964. The van der Waals surface area contributed by atoms with Gasteiger partial charge in [-0.15, -0.1) is 0 Å². The van der Waals surface area contributed by atoms with E-state index >= 15 is 0 Å². The third-order valence-electron chi connectivity index (χ3n) is 1.81. The molecule has 4 N–H and O–H groups in total. The summed E-state index contributed by atoms with van der Waals surface area (Å²) in [5.41, 5.74) is 0. The van der Waals surface area contributed by atoms with E-state index < -0.39 is 36.1 Å². The lowest BCUT2D eigenvalue weighted by atomic mass is 10.2. The Morgan fingerprint density at radius 1 is 0.944 bits per heavy atom. The first-order chi connectivity index (χ1) is 8.25. The number of hydrogen-bond donors (Lipinski definition) is 4. The maximum Gasteiger partial charge on any atom is 0.348 e. The van der Waals surface area contributed by atoms with Crippen LogP contribution in [0.3, 0.4) is 0 Å². The Morgan fingerprint density at radius 3 is 1.89 bits per heavy atom. The Balaban J connectivity index is 4.33. The van der Waals surface area contributed by atoms with Gasteiger partial charge in [-0.25, -0.2) is 9.59 Å². The highest BCUT2D eigenvalue weighted by atomic mass is 16.6. The van der Waals surface area contributed by atoms with E-state index in [1.54, 1.807) is 0 Å². The molecule has 0 radical (unpaired) electrons. The molecule has 0 bridgehead atoms. The van der Waals surface area contributed by atoms with Crippen LogP contribution >= 0.6 is 0 Å². The van der Waals surface area contributed by atoms with Crippen molar-refractivity contribution in [3.05, 3.63) is 0 Å². The van der Waals surface area contributed by atoms with Crippen molar-refractivity contribution in [2.45, 2.75) is 31.5 Å². The molecule has 0 aliphatic rings. The van der Waals surface area contributed by atoms with Crippen LogP contribution in [-0.4, -0.2) is 56.5 Å². The second-order valence-corrected chi connectivity index (χ2v) is 3.28. The molecule has 102 valence electrons. The van der Waals surface area contributed by atoms with Crippen LogP contribution in [0.15, 0.2) is 0 Å². The minimum Gasteiger partial charge on any atom is -0.481 e. The van der Waals surface area contributed by atoms with E-state index in [1.807, 2.05) is 0 Å². The maximum absolute atomic E-state index is 11.1. The predicted octanol–water partition coefficient (Wildman–Crippen LogP) is -1.32. The number of carbonyl (C=O) groups is 4.